The van der Waals surface area contributed by atoms with Crippen LogP contribution in [0.4, 0.5) is 8.78 Å². The van der Waals surface area contributed by atoms with Gasteiger partial charge >= 0.3 is 0 Å². The van der Waals surface area contributed by atoms with Crippen LogP contribution in [0.1, 0.15) is 5.56 Å². The van der Waals surface area contributed by atoms with Gasteiger partial charge in [0.2, 0.25) is 0 Å². The number of hydrogen-bond donors (Lipinski definition) is 2. The van der Waals surface area contributed by atoms with Crippen LogP contribution in [0.5, 0.6) is 0 Å². The van der Waals surface area contributed by atoms with E-state index in [-0.39, 0.29) is 17.0 Å². The largest absolute Gasteiger partial charge is 0.387 e. The van der Waals surface area contributed by atoms with E-state index in [0.717, 1.165) is 12.1 Å². The van der Waals surface area contributed by atoms with Gasteiger partial charge in [0.05, 0.1) is 10.6 Å². The van der Waals surface area contributed by atoms with Gasteiger partial charge in [-0.2, -0.15) is 0 Å². The molecule has 1 aromatic rings. The predicted molar refractivity (Wildman–Crippen MR) is 52.9 cm³/mol. The molecule has 1 fully saturated rings. The molecule has 0 bridgehead atoms. The van der Waals surface area contributed by atoms with Gasteiger partial charge in [-0.05, 0) is 12.1 Å². The summed E-state index contributed by atoms with van der Waals surface area (Å²) in [6.45, 7) is 0.749. The van der Waals surface area contributed by atoms with Crippen molar-refractivity contribution in [2.75, 3.05) is 13.1 Å². The summed E-state index contributed by atoms with van der Waals surface area (Å²) in [5, 5.41) is 12.4. The van der Waals surface area contributed by atoms with Crippen LogP contribution in [0.3, 0.4) is 0 Å². The first-order valence-electron chi connectivity index (χ1n) is 4.57. The molecular formula is C10H10ClF2NO. The molecule has 0 spiro atoms. The lowest BCUT2D eigenvalue weighted by Gasteiger charge is -2.37. The van der Waals surface area contributed by atoms with E-state index < -0.39 is 17.2 Å². The lowest BCUT2D eigenvalue weighted by molar-refractivity contribution is -0.00970. The molecule has 0 unspecified atom stereocenters. The highest BCUT2D eigenvalue weighted by molar-refractivity contribution is 6.31. The van der Waals surface area contributed by atoms with Crippen molar-refractivity contribution in [3.8, 4) is 0 Å². The Kier molecular flexibility index (Phi) is 2.66. The second kappa shape index (κ2) is 3.70. The molecule has 0 aliphatic carbocycles. The van der Waals surface area contributed by atoms with Crippen molar-refractivity contribution in [1.82, 2.24) is 5.32 Å². The van der Waals surface area contributed by atoms with Gasteiger partial charge in [0.25, 0.3) is 0 Å². The molecule has 0 amide bonds. The summed E-state index contributed by atoms with van der Waals surface area (Å²) in [5.41, 5.74) is -0.959. The van der Waals surface area contributed by atoms with Crippen LogP contribution in [0.15, 0.2) is 12.1 Å². The van der Waals surface area contributed by atoms with Crippen LogP contribution in [0.25, 0.3) is 0 Å². The Morgan fingerprint density at radius 2 is 1.93 bits per heavy atom. The third-order valence-electron chi connectivity index (χ3n) is 2.55. The molecule has 1 aliphatic heterocycles. The van der Waals surface area contributed by atoms with E-state index in [1.54, 1.807) is 0 Å². The fourth-order valence-electron chi connectivity index (χ4n) is 1.60. The summed E-state index contributed by atoms with van der Waals surface area (Å²) >= 11 is 5.64. The van der Waals surface area contributed by atoms with Crippen molar-refractivity contribution in [3.63, 3.8) is 0 Å². The highest BCUT2D eigenvalue weighted by atomic mass is 35.5. The maximum Gasteiger partial charge on any atom is 0.142 e. The van der Waals surface area contributed by atoms with E-state index in [1.165, 1.54) is 0 Å². The highest BCUT2D eigenvalue weighted by Crippen LogP contribution is 2.28. The zero-order valence-corrected chi connectivity index (χ0v) is 8.61. The van der Waals surface area contributed by atoms with Crippen molar-refractivity contribution in [2.45, 2.75) is 12.0 Å². The predicted octanol–water partition coefficient (Wildman–Crippen LogP) is 1.49. The third-order valence-corrected chi connectivity index (χ3v) is 2.96. The monoisotopic (exact) mass is 233 g/mol. The fraction of sp³-hybridized carbons (Fsp3) is 0.400. The normalized spacial score (nSPS) is 18.7. The Bertz CT molecular complexity index is 393. The SMILES string of the molecule is OC1(Cc2c(F)ccc(F)c2Cl)CNC1. The lowest BCUT2D eigenvalue weighted by Crippen LogP contribution is -2.60. The molecule has 15 heavy (non-hydrogen) atoms. The quantitative estimate of drug-likeness (QED) is 0.759. The fourth-order valence-corrected chi connectivity index (χ4v) is 1.82. The van der Waals surface area contributed by atoms with Gasteiger partial charge in [0.1, 0.15) is 11.6 Å². The van der Waals surface area contributed by atoms with Crippen LogP contribution in [-0.4, -0.2) is 23.8 Å². The van der Waals surface area contributed by atoms with Gasteiger partial charge in [-0.15, -0.1) is 0 Å². The molecule has 0 radical (unpaired) electrons. The third kappa shape index (κ3) is 1.97. The summed E-state index contributed by atoms with van der Waals surface area (Å²) in [6.07, 6.45) is 0.0302. The van der Waals surface area contributed by atoms with Crippen molar-refractivity contribution >= 4 is 11.6 Å². The summed E-state index contributed by atoms with van der Waals surface area (Å²) in [6, 6.07) is 2.00. The van der Waals surface area contributed by atoms with Crippen LogP contribution in [-0.2, 0) is 6.42 Å². The van der Waals surface area contributed by atoms with E-state index >= 15 is 0 Å². The van der Waals surface area contributed by atoms with Crippen LogP contribution < -0.4 is 5.32 Å². The minimum atomic E-state index is -1.00. The first kappa shape index (κ1) is 10.8. The Morgan fingerprint density at radius 3 is 2.47 bits per heavy atom. The number of rotatable bonds is 2. The van der Waals surface area contributed by atoms with E-state index in [4.69, 9.17) is 11.6 Å². The van der Waals surface area contributed by atoms with Crippen LogP contribution in [0, 0.1) is 11.6 Å². The number of β-amino-alcohol motifs (C(OH)–C–C–N with tert-alkyl or cyclic N) is 1. The zero-order valence-electron chi connectivity index (χ0n) is 7.86. The number of halogens is 3. The van der Waals surface area contributed by atoms with Gasteiger partial charge in [0.15, 0.2) is 0 Å². The molecule has 1 saturated heterocycles. The maximum atomic E-state index is 13.3. The minimum Gasteiger partial charge on any atom is -0.387 e. The van der Waals surface area contributed by atoms with E-state index in [1.807, 2.05) is 0 Å². The maximum absolute atomic E-state index is 13.3. The number of hydrogen-bond acceptors (Lipinski definition) is 2. The van der Waals surface area contributed by atoms with Gasteiger partial charge in [-0.3, -0.25) is 0 Å². The number of nitrogens with one attached hydrogen (secondary N) is 1. The molecule has 1 aromatic carbocycles. The molecule has 1 aliphatic rings. The van der Waals surface area contributed by atoms with E-state index in [0.29, 0.717) is 13.1 Å². The smallest absolute Gasteiger partial charge is 0.142 e. The summed E-state index contributed by atoms with van der Waals surface area (Å²) in [4.78, 5) is 0. The minimum absolute atomic E-state index is 0.0302. The molecule has 1 heterocycles. The molecular weight excluding hydrogens is 224 g/mol. The second-order valence-electron chi connectivity index (χ2n) is 3.83. The Labute approximate surface area is 90.9 Å². The Morgan fingerprint density at radius 1 is 1.33 bits per heavy atom. The molecule has 2 N–H and O–H groups in total. The number of benzene rings is 1. The summed E-state index contributed by atoms with van der Waals surface area (Å²) in [7, 11) is 0. The average Bonchev–Trinajstić information content (AvgIpc) is 2.16. The highest BCUT2D eigenvalue weighted by Gasteiger charge is 2.36. The Balaban J connectivity index is 2.30. The standard InChI is InChI=1S/C10H10ClF2NO/c11-9-6(3-10(15)4-14-5-10)7(12)1-2-8(9)13/h1-2,14-15H,3-5H2. The molecule has 2 nitrogen and oxygen atoms in total. The molecule has 0 atom stereocenters. The van der Waals surface area contributed by atoms with E-state index in [2.05, 4.69) is 5.32 Å². The van der Waals surface area contributed by atoms with E-state index in [9.17, 15) is 13.9 Å². The first-order chi connectivity index (χ1) is 7.02. The van der Waals surface area contributed by atoms with Crippen molar-refractivity contribution in [3.05, 3.63) is 34.4 Å². The van der Waals surface area contributed by atoms with Crippen molar-refractivity contribution in [2.24, 2.45) is 0 Å². The summed E-state index contributed by atoms with van der Waals surface area (Å²) in [5.74, 6) is -1.24. The van der Waals surface area contributed by atoms with Gasteiger partial charge in [-0.1, -0.05) is 11.6 Å². The van der Waals surface area contributed by atoms with Crippen molar-refractivity contribution in [1.29, 1.82) is 0 Å². The van der Waals surface area contributed by atoms with Crippen LogP contribution in [0.2, 0.25) is 5.02 Å². The molecule has 5 heteroatoms. The second-order valence-corrected chi connectivity index (χ2v) is 4.20. The topological polar surface area (TPSA) is 32.3 Å². The lowest BCUT2D eigenvalue weighted by atomic mass is 9.89. The van der Waals surface area contributed by atoms with Gasteiger partial charge in [0, 0.05) is 25.1 Å². The first-order valence-corrected chi connectivity index (χ1v) is 4.95. The van der Waals surface area contributed by atoms with Crippen molar-refractivity contribution < 1.29 is 13.9 Å². The Hall–Kier alpha value is -0.710. The van der Waals surface area contributed by atoms with Gasteiger partial charge in [-0.25, -0.2) is 8.78 Å². The molecule has 0 aromatic heterocycles. The average molecular weight is 234 g/mol. The molecule has 82 valence electrons. The molecule has 0 saturated carbocycles. The number of aliphatic hydroxyl groups is 1. The summed E-state index contributed by atoms with van der Waals surface area (Å²) < 4.78 is 26.4. The molecule has 2 rings (SSSR count). The van der Waals surface area contributed by atoms with Gasteiger partial charge < -0.3 is 10.4 Å². The van der Waals surface area contributed by atoms with Crippen LogP contribution >= 0.6 is 11.6 Å². The zero-order chi connectivity index (χ0) is 11.1.